The van der Waals surface area contributed by atoms with E-state index in [9.17, 15) is 0 Å². The SMILES string of the molecule is O=C([O-])[O-].O=C([O-])[O-].[F].[Zr+4]. The molecule has 0 spiro atoms. The van der Waals surface area contributed by atoms with Crippen molar-refractivity contribution in [3.63, 3.8) is 0 Å². The molecule has 0 aliphatic carbocycles. The molecule has 0 saturated carbocycles. The number of carboxylic acid groups (broad SMARTS) is 4. The maximum atomic E-state index is 8.33. The summed E-state index contributed by atoms with van der Waals surface area (Å²) in [5.74, 6) is 0. The Morgan fingerprint density at radius 2 is 0.800 bits per heavy atom. The van der Waals surface area contributed by atoms with Gasteiger partial charge in [0.05, 0.1) is 0 Å². The molecule has 0 saturated heterocycles. The number of hydrogen-bond acceptors (Lipinski definition) is 6. The Morgan fingerprint density at radius 1 is 0.800 bits per heavy atom. The van der Waals surface area contributed by atoms with Crippen molar-refractivity contribution in [2.45, 2.75) is 0 Å². The molecule has 0 aromatic carbocycles. The maximum absolute atomic E-state index is 8.33. The Kier molecular flexibility index (Phi) is 35.9. The second kappa shape index (κ2) is 15.8. The summed E-state index contributed by atoms with van der Waals surface area (Å²) in [7, 11) is 0. The zero-order valence-corrected chi connectivity index (χ0v) is 6.79. The molecular formula is C2FO6Zr. The Morgan fingerprint density at radius 3 is 0.800 bits per heavy atom. The van der Waals surface area contributed by atoms with Gasteiger partial charge in [0.2, 0.25) is 0 Å². The Bertz CT molecular complexity index is 73.7. The number of hydrogen-bond donors (Lipinski definition) is 0. The third-order valence-corrected chi connectivity index (χ3v) is 0. The smallest absolute Gasteiger partial charge is 0.652 e. The van der Waals surface area contributed by atoms with Crippen molar-refractivity contribution in [1.82, 2.24) is 0 Å². The van der Waals surface area contributed by atoms with Crippen LogP contribution in [0.25, 0.3) is 0 Å². The number of halogens is 1. The summed E-state index contributed by atoms with van der Waals surface area (Å²) in [6.45, 7) is 0. The first kappa shape index (κ1) is 22.8. The van der Waals surface area contributed by atoms with E-state index >= 15 is 0 Å². The summed E-state index contributed by atoms with van der Waals surface area (Å²) in [4.78, 5) is 16.7. The second-order valence-electron chi connectivity index (χ2n) is 0.500. The van der Waals surface area contributed by atoms with Crippen LogP contribution in [0.15, 0.2) is 0 Å². The monoisotopic (exact) mass is 229 g/mol. The fourth-order valence-corrected chi connectivity index (χ4v) is 0. The Balaban J connectivity index is -0.0000000300. The first-order valence-electron chi connectivity index (χ1n) is 1.22. The maximum Gasteiger partial charge on any atom is 4.00 e. The Labute approximate surface area is 73.6 Å². The molecule has 6 nitrogen and oxygen atoms in total. The van der Waals surface area contributed by atoms with Crippen molar-refractivity contribution in [1.29, 1.82) is 0 Å². The molecule has 0 rings (SSSR count). The quantitative estimate of drug-likeness (QED) is 0.413. The predicted molar refractivity (Wildman–Crippen MR) is 11.9 cm³/mol. The van der Waals surface area contributed by atoms with Gasteiger partial charge in [-0.25, -0.2) is 0 Å². The number of carbonyl (C=O) groups is 2. The summed E-state index contributed by atoms with van der Waals surface area (Å²) in [5.41, 5.74) is 0. The van der Waals surface area contributed by atoms with Crippen LogP contribution in [0.3, 0.4) is 0 Å². The first-order chi connectivity index (χ1) is 3.46. The van der Waals surface area contributed by atoms with Crippen LogP contribution in [0, 0.1) is 0 Å². The molecule has 0 aromatic rings. The molecule has 0 fully saturated rings. The van der Waals surface area contributed by atoms with Gasteiger partial charge < -0.3 is 30.0 Å². The van der Waals surface area contributed by atoms with Crippen LogP contribution in [0.2, 0.25) is 0 Å². The first-order valence-corrected chi connectivity index (χ1v) is 1.22. The van der Waals surface area contributed by atoms with E-state index < -0.39 is 12.3 Å². The van der Waals surface area contributed by atoms with E-state index in [1.807, 2.05) is 0 Å². The summed E-state index contributed by atoms with van der Waals surface area (Å²) in [6.07, 6.45) is -4.67. The van der Waals surface area contributed by atoms with Crippen molar-refractivity contribution in [2.24, 2.45) is 0 Å². The molecule has 55 valence electrons. The van der Waals surface area contributed by atoms with Gasteiger partial charge in [0, 0.05) is 4.70 Å². The van der Waals surface area contributed by atoms with Crippen molar-refractivity contribution in [2.75, 3.05) is 0 Å². The van der Waals surface area contributed by atoms with E-state index in [0.717, 1.165) is 0 Å². The normalized spacial score (nSPS) is 4.80. The minimum absolute atomic E-state index is 0. The van der Waals surface area contributed by atoms with E-state index in [-0.39, 0.29) is 30.9 Å². The summed E-state index contributed by atoms with van der Waals surface area (Å²) in [5, 5.41) is 33.3. The minimum atomic E-state index is -2.33. The Hall–Kier alpha value is -0.647. The fraction of sp³-hybridized carbons (Fsp3) is 0. The van der Waals surface area contributed by atoms with Crippen LogP contribution in [-0.2, 0) is 26.2 Å². The van der Waals surface area contributed by atoms with E-state index in [0.29, 0.717) is 0 Å². The molecule has 0 N–H and O–H groups in total. The van der Waals surface area contributed by atoms with Crippen molar-refractivity contribution in [3.8, 4) is 0 Å². The van der Waals surface area contributed by atoms with Gasteiger partial charge in [-0.3, -0.25) is 0 Å². The predicted octanol–water partition coefficient (Wildman–Crippen LogP) is -4.48. The molecule has 0 amide bonds. The van der Waals surface area contributed by atoms with Gasteiger partial charge in [-0.2, -0.15) is 0 Å². The van der Waals surface area contributed by atoms with Crippen molar-refractivity contribution in [3.05, 3.63) is 0 Å². The van der Waals surface area contributed by atoms with Crippen LogP contribution in [0.4, 0.5) is 14.3 Å². The van der Waals surface area contributed by atoms with Gasteiger partial charge in [-0.05, 0) is 12.3 Å². The largest absolute Gasteiger partial charge is 4.00 e. The fourth-order valence-electron chi connectivity index (χ4n) is 0. The number of rotatable bonds is 0. The molecule has 8 heteroatoms. The molecule has 0 aliphatic heterocycles. The van der Waals surface area contributed by atoms with Gasteiger partial charge in [0.25, 0.3) is 0 Å². The van der Waals surface area contributed by atoms with Crippen LogP contribution in [-0.4, -0.2) is 12.3 Å². The van der Waals surface area contributed by atoms with Crippen molar-refractivity contribution < 1.29 is 60.9 Å². The van der Waals surface area contributed by atoms with Gasteiger partial charge in [-0.1, -0.05) is 0 Å². The van der Waals surface area contributed by atoms with Crippen LogP contribution in [0.1, 0.15) is 0 Å². The molecular weight excluding hydrogens is 230 g/mol. The summed E-state index contributed by atoms with van der Waals surface area (Å²) in [6, 6.07) is 0. The van der Waals surface area contributed by atoms with Gasteiger partial charge in [0.1, 0.15) is 0 Å². The second-order valence-corrected chi connectivity index (χ2v) is 0.500. The zero-order valence-electron chi connectivity index (χ0n) is 4.33. The average molecular weight is 230 g/mol. The van der Waals surface area contributed by atoms with Gasteiger partial charge in [-0.15, -0.1) is 0 Å². The average Bonchev–Trinajstić information content (AvgIpc) is 1.25. The zero-order chi connectivity index (χ0) is 7.15. The molecule has 10 heavy (non-hydrogen) atoms. The molecule has 0 bridgehead atoms. The van der Waals surface area contributed by atoms with Crippen molar-refractivity contribution >= 4 is 12.3 Å². The third kappa shape index (κ3) is 709. The molecule has 0 heterocycles. The van der Waals surface area contributed by atoms with Crippen LogP contribution < -0.4 is 20.4 Å². The van der Waals surface area contributed by atoms with Crippen LogP contribution in [0.5, 0.6) is 0 Å². The molecule has 0 atom stereocenters. The molecule has 1 radical (unpaired) electrons. The standard InChI is InChI=1S/2CH2O3.F.Zr/c2*2-1(3)4;;/h2*(H2,2,3,4);;/q;;;+4/p-4. The van der Waals surface area contributed by atoms with Gasteiger partial charge >= 0.3 is 26.2 Å². The number of carbonyl (C=O) groups excluding carboxylic acids is 2. The van der Waals surface area contributed by atoms with E-state index in [4.69, 9.17) is 30.0 Å². The topological polar surface area (TPSA) is 126 Å². The van der Waals surface area contributed by atoms with E-state index in [1.165, 1.54) is 0 Å². The molecule has 0 aromatic heterocycles. The minimum Gasteiger partial charge on any atom is -0.652 e. The third-order valence-electron chi connectivity index (χ3n) is 0. The summed E-state index contributed by atoms with van der Waals surface area (Å²) < 4.78 is 0. The molecule has 0 unspecified atom stereocenters. The molecule has 0 aliphatic rings. The van der Waals surface area contributed by atoms with E-state index in [1.54, 1.807) is 0 Å². The van der Waals surface area contributed by atoms with E-state index in [2.05, 4.69) is 0 Å². The van der Waals surface area contributed by atoms with Crippen LogP contribution >= 0.6 is 0 Å². The van der Waals surface area contributed by atoms with Gasteiger partial charge in [0.15, 0.2) is 0 Å². The summed E-state index contributed by atoms with van der Waals surface area (Å²) >= 11 is 0.